The van der Waals surface area contributed by atoms with Crippen LogP contribution in [0.5, 0.6) is 0 Å². The molecule has 0 amide bonds. The average molecular weight is 223 g/mol. The molecule has 2 rings (SSSR count). The van der Waals surface area contributed by atoms with Crippen LogP contribution in [0.3, 0.4) is 0 Å². The Kier molecular flexibility index (Phi) is 3.64. The maximum Gasteiger partial charge on any atom is 0.114 e. The van der Waals surface area contributed by atoms with Gasteiger partial charge in [-0.3, -0.25) is 4.99 Å². The van der Waals surface area contributed by atoms with Crippen LogP contribution in [-0.4, -0.2) is 31.6 Å². The standard InChI is InChI=1S/C13H21NO2/c1-4-15-11-5-6-12-10(3)14-7-9(2)13(12)16-8-11/h7,10-12H,4-6,8H2,1-3H3. The third-order valence-electron chi connectivity index (χ3n) is 3.44. The van der Waals surface area contributed by atoms with Gasteiger partial charge >= 0.3 is 0 Å². The van der Waals surface area contributed by atoms with Crippen molar-refractivity contribution < 1.29 is 9.47 Å². The molecule has 3 heteroatoms. The lowest BCUT2D eigenvalue weighted by molar-refractivity contribution is 0.0116. The van der Waals surface area contributed by atoms with Gasteiger partial charge in [0, 0.05) is 24.3 Å². The van der Waals surface area contributed by atoms with Gasteiger partial charge in [0.1, 0.15) is 12.4 Å². The molecule has 2 heterocycles. The molecule has 0 aromatic carbocycles. The normalized spacial score (nSPS) is 34.3. The molecular weight excluding hydrogens is 202 g/mol. The number of fused-ring (bicyclic) bond motifs is 1. The Morgan fingerprint density at radius 2 is 2.31 bits per heavy atom. The van der Waals surface area contributed by atoms with Crippen molar-refractivity contribution in [1.82, 2.24) is 0 Å². The Morgan fingerprint density at radius 1 is 1.50 bits per heavy atom. The summed E-state index contributed by atoms with van der Waals surface area (Å²) in [6.45, 7) is 7.74. The zero-order valence-electron chi connectivity index (χ0n) is 10.4. The van der Waals surface area contributed by atoms with E-state index in [9.17, 15) is 0 Å². The number of dihydropyridines is 1. The van der Waals surface area contributed by atoms with Crippen LogP contribution in [0.2, 0.25) is 0 Å². The number of ether oxygens (including phenoxy) is 2. The SMILES string of the molecule is CCOC1CCC2C(=C(C)C=NC2C)OC1. The van der Waals surface area contributed by atoms with E-state index in [0.29, 0.717) is 18.6 Å². The van der Waals surface area contributed by atoms with Crippen LogP contribution in [0.1, 0.15) is 33.6 Å². The molecule has 0 radical (unpaired) electrons. The molecule has 3 nitrogen and oxygen atoms in total. The summed E-state index contributed by atoms with van der Waals surface area (Å²) in [6, 6.07) is 0.346. The van der Waals surface area contributed by atoms with Gasteiger partial charge in [0.2, 0.25) is 0 Å². The fourth-order valence-electron chi connectivity index (χ4n) is 2.50. The molecular formula is C13H21NO2. The van der Waals surface area contributed by atoms with E-state index >= 15 is 0 Å². The van der Waals surface area contributed by atoms with E-state index in [1.54, 1.807) is 0 Å². The van der Waals surface area contributed by atoms with Crippen molar-refractivity contribution in [3.05, 3.63) is 11.3 Å². The minimum atomic E-state index is 0.253. The fraction of sp³-hybridized carbons (Fsp3) is 0.769. The van der Waals surface area contributed by atoms with Crippen molar-refractivity contribution in [2.75, 3.05) is 13.2 Å². The largest absolute Gasteiger partial charge is 0.495 e. The highest BCUT2D eigenvalue weighted by atomic mass is 16.5. The quantitative estimate of drug-likeness (QED) is 0.720. The Morgan fingerprint density at radius 3 is 3.06 bits per heavy atom. The van der Waals surface area contributed by atoms with Gasteiger partial charge in [-0.1, -0.05) is 0 Å². The second-order valence-electron chi connectivity index (χ2n) is 4.64. The molecule has 0 spiro atoms. The van der Waals surface area contributed by atoms with Crippen molar-refractivity contribution in [2.24, 2.45) is 10.9 Å². The molecule has 0 aromatic rings. The van der Waals surface area contributed by atoms with E-state index in [-0.39, 0.29) is 6.10 Å². The molecule has 0 N–H and O–H groups in total. The second kappa shape index (κ2) is 5.00. The fourth-order valence-corrected chi connectivity index (χ4v) is 2.50. The lowest BCUT2D eigenvalue weighted by Crippen LogP contribution is -2.23. The van der Waals surface area contributed by atoms with Gasteiger partial charge in [0.05, 0.1) is 12.1 Å². The number of hydrogen-bond donors (Lipinski definition) is 0. The molecule has 3 unspecified atom stereocenters. The Hall–Kier alpha value is -0.830. The van der Waals surface area contributed by atoms with Crippen LogP contribution in [-0.2, 0) is 9.47 Å². The summed E-state index contributed by atoms with van der Waals surface area (Å²) >= 11 is 0. The van der Waals surface area contributed by atoms with E-state index in [4.69, 9.17) is 9.47 Å². The van der Waals surface area contributed by atoms with Gasteiger partial charge in [-0.2, -0.15) is 0 Å². The highest BCUT2D eigenvalue weighted by Gasteiger charge is 2.31. The third-order valence-corrected chi connectivity index (χ3v) is 3.44. The molecule has 0 bridgehead atoms. The monoisotopic (exact) mass is 223 g/mol. The molecule has 90 valence electrons. The van der Waals surface area contributed by atoms with Gasteiger partial charge in [-0.05, 0) is 33.6 Å². The maximum absolute atomic E-state index is 5.92. The van der Waals surface area contributed by atoms with Crippen LogP contribution >= 0.6 is 0 Å². The molecule has 2 aliphatic rings. The van der Waals surface area contributed by atoms with E-state index in [2.05, 4.69) is 18.8 Å². The summed E-state index contributed by atoms with van der Waals surface area (Å²) in [5.74, 6) is 1.60. The summed E-state index contributed by atoms with van der Waals surface area (Å²) < 4.78 is 11.6. The van der Waals surface area contributed by atoms with Gasteiger partial charge in [-0.25, -0.2) is 0 Å². The number of rotatable bonds is 2. The van der Waals surface area contributed by atoms with Gasteiger partial charge in [0.25, 0.3) is 0 Å². The van der Waals surface area contributed by atoms with Crippen molar-refractivity contribution >= 4 is 6.21 Å². The van der Waals surface area contributed by atoms with Crippen LogP contribution < -0.4 is 0 Å². The smallest absolute Gasteiger partial charge is 0.114 e. The van der Waals surface area contributed by atoms with Crippen LogP contribution in [0.25, 0.3) is 0 Å². The predicted molar refractivity (Wildman–Crippen MR) is 64.7 cm³/mol. The van der Waals surface area contributed by atoms with E-state index in [1.807, 2.05) is 13.1 Å². The summed E-state index contributed by atoms with van der Waals surface area (Å²) in [5, 5.41) is 0. The van der Waals surface area contributed by atoms with Crippen molar-refractivity contribution in [2.45, 2.75) is 45.8 Å². The van der Waals surface area contributed by atoms with E-state index in [1.165, 1.54) is 5.57 Å². The first kappa shape index (κ1) is 11.6. The van der Waals surface area contributed by atoms with Crippen LogP contribution in [0, 0.1) is 5.92 Å². The third kappa shape index (κ3) is 2.29. The van der Waals surface area contributed by atoms with Crippen molar-refractivity contribution in [3.63, 3.8) is 0 Å². The highest BCUT2D eigenvalue weighted by Crippen LogP contribution is 2.33. The summed E-state index contributed by atoms with van der Waals surface area (Å²) in [4.78, 5) is 4.50. The van der Waals surface area contributed by atoms with Gasteiger partial charge in [0.15, 0.2) is 0 Å². The first-order chi connectivity index (χ1) is 7.72. The molecule has 0 aromatic heterocycles. The van der Waals surface area contributed by atoms with Crippen LogP contribution in [0.15, 0.2) is 16.3 Å². The maximum atomic E-state index is 5.92. The molecule has 16 heavy (non-hydrogen) atoms. The van der Waals surface area contributed by atoms with E-state index < -0.39 is 0 Å². The molecule has 0 saturated carbocycles. The first-order valence-electron chi connectivity index (χ1n) is 6.20. The van der Waals surface area contributed by atoms with Crippen molar-refractivity contribution in [1.29, 1.82) is 0 Å². The molecule has 2 aliphatic heterocycles. The first-order valence-corrected chi connectivity index (χ1v) is 6.20. The molecule has 1 fully saturated rings. The van der Waals surface area contributed by atoms with E-state index in [0.717, 1.165) is 25.2 Å². The Labute approximate surface area is 97.5 Å². The van der Waals surface area contributed by atoms with Gasteiger partial charge in [-0.15, -0.1) is 0 Å². The number of nitrogens with zero attached hydrogens (tertiary/aromatic N) is 1. The zero-order valence-corrected chi connectivity index (χ0v) is 10.4. The Bertz CT molecular complexity index is 309. The molecule has 1 saturated heterocycles. The number of aliphatic imine (C=N–C) groups is 1. The highest BCUT2D eigenvalue weighted by molar-refractivity contribution is 5.79. The summed E-state index contributed by atoms with van der Waals surface area (Å²) in [6.07, 6.45) is 4.39. The minimum absolute atomic E-state index is 0.253. The summed E-state index contributed by atoms with van der Waals surface area (Å²) in [5.41, 5.74) is 1.18. The predicted octanol–water partition coefficient (Wildman–Crippen LogP) is 2.57. The Balaban J connectivity index is 2.10. The second-order valence-corrected chi connectivity index (χ2v) is 4.64. The zero-order chi connectivity index (χ0) is 11.5. The number of allylic oxidation sites excluding steroid dienone is 1. The summed E-state index contributed by atoms with van der Waals surface area (Å²) in [7, 11) is 0. The molecule has 3 atom stereocenters. The average Bonchev–Trinajstić information content (AvgIpc) is 2.48. The van der Waals surface area contributed by atoms with Crippen LogP contribution in [0.4, 0.5) is 0 Å². The minimum Gasteiger partial charge on any atom is -0.495 e. The molecule has 0 aliphatic carbocycles. The number of hydrogen-bond acceptors (Lipinski definition) is 3. The van der Waals surface area contributed by atoms with Crippen molar-refractivity contribution in [3.8, 4) is 0 Å². The lowest BCUT2D eigenvalue weighted by atomic mass is 9.90. The topological polar surface area (TPSA) is 30.8 Å². The lowest BCUT2D eigenvalue weighted by Gasteiger charge is -2.26. The van der Waals surface area contributed by atoms with Gasteiger partial charge < -0.3 is 9.47 Å².